The maximum atomic E-state index is 9.71. The maximum absolute atomic E-state index is 9.71. The van der Waals surface area contributed by atoms with E-state index in [2.05, 4.69) is 126 Å². The van der Waals surface area contributed by atoms with E-state index in [9.17, 15) is 5.26 Å². The standard InChI is InChI=1S/C40H25N3/c41-26-32-12-6-7-15-35(32)30-20-18-27-19-21-31(23-33(27)22-30)36-24-28-10-4-5-11-29(28)25-37(36)40-42-38-16-8-9-17-39(38)43(40)34-13-2-1-3-14-34/h1-25H. The Morgan fingerprint density at radius 3 is 1.88 bits per heavy atom. The van der Waals surface area contributed by atoms with Gasteiger partial charge in [-0.05, 0) is 98.4 Å². The van der Waals surface area contributed by atoms with E-state index in [1.807, 2.05) is 36.4 Å². The Kier molecular flexibility index (Phi) is 5.84. The molecule has 3 nitrogen and oxygen atoms in total. The molecule has 0 aliphatic heterocycles. The van der Waals surface area contributed by atoms with Crippen molar-refractivity contribution in [1.29, 1.82) is 5.26 Å². The summed E-state index contributed by atoms with van der Waals surface area (Å²) in [5.74, 6) is 0.907. The van der Waals surface area contributed by atoms with Gasteiger partial charge in [-0.2, -0.15) is 5.26 Å². The molecule has 0 N–H and O–H groups in total. The quantitative estimate of drug-likeness (QED) is 0.220. The Balaban J connectivity index is 1.39. The second-order valence-corrected chi connectivity index (χ2v) is 10.8. The van der Waals surface area contributed by atoms with E-state index in [1.54, 1.807) is 0 Å². The van der Waals surface area contributed by atoms with Crippen LogP contribution in [0.1, 0.15) is 5.56 Å². The van der Waals surface area contributed by atoms with Crippen LogP contribution in [-0.2, 0) is 0 Å². The van der Waals surface area contributed by atoms with Crippen LogP contribution in [0.3, 0.4) is 0 Å². The number of fused-ring (bicyclic) bond motifs is 3. The second kappa shape index (κ2) is 10.1. The van der Waals surface area contributed by atoms with E-state index in [0.29, 0.717) is 5.56 Å². The zero-order valence-electron chi connectivity index (χ0n) is 23.3. The molecule has 0 saturated heterocycles. The molecule has 0 bridgehead atoms. The van der Waals surface area contributed by atoms with Gasteiger partial charge in [0.2, 0.25) is 0 Å². The molecular formula is C40H25N3. The lowest BCUT2D eigenvalue weighted by Gasteiger charge is -2.15. The molecule has 8 rings (SSSR count). The average Bonchev–Trinajstić information content (AvgIpc) is 3.47. The van der Waals surface area contributed by atoms with Crippen LogP contribution in [0.2, 0.25) is 0 Å². The molecule has 0 fully saturated rings. The topological polar surface area (TPSA) is 41.6 Å². The van der Waals surface area contributed by atoms with Crippen LogP contribution in [0.25, 0.3) is 71.9 Å². The van der Waals surface area contributed by atoms with Gasteiger partial charge in [-0.15, -0.1) is 0 Å². The molecule has 3 heteroatoms. The molecule has 1 aromatic heterocycles. The molecule has 1 heterocycles. The fourth-order valence-electron chi connectivity index (χ4n) is 6.12. The first-order valence-electron chi connectivity index (χ1n) is 14.4. The van der Waals surface area contributed by atoms with Gasteiger partial charge in [-0.25, -0.2) is 4.98 Å². The molecule has 200 valence electrons. The molecule has 0 saturated carbocycles. The zero-order valence-corrected chi connectivity index (χ0v) is 23.3. The highest BCUT2D eigenvalue weighted by atomic mass is 15.1. The SMILES string of the molecule is N#Cc1ccccc1-c1ccc2ccc(-c3cc4ccccc4cc3-c3nc4ccccc4n3-c3ccccc3)cc2c1. The van der Waals surface area contributed by atoms with Gasteiger partial charge < -0.3 is 0 Å². The molecular weight excluding hydrogens is 522 g/mol. The third kappa shape index (κ3) is 4.25. The van der Waals surface area contributed by atoms with Gasteiger partial charge in [0.1, 0.15) is 5.82 Å². The molecule has 0 aliphatic rings. The fraction of sp³-hybridized carbons (Fsp3) is 0. The average molecular weight is 548 g/mol. The van der Waals surface area contributed by atoms with Crippen LogP contribution in [0.4, 0.5) is 0 Å². The Morgan fingerprint density at radius 1 is 0.488 bits per heavy atom. The number of hydrogen-bond acceptors (Lipinski definition) is 2. The smallest absolute Gasteiger partial charge is 0.146 e. The van der Waals surface area contributed by atoms with Crippen molar-refractivity contribution in [3.8, 4) is 45.4 Å². The van der Waals surface area contributed by atoms with Crippen LogP contribution >= 0.6 is 0 Å². The molecule has 0 spiro atoms. The molecule has 0 unspecified atom stereocenters. The number of rotatable bonds is 4. The van der Waals surface area contributed by atoms with E-state index in [4.69, 9.17) is 4.98 Å². The Morgan fingerprint density at radius 2 is 1.12 bits per heavy atom. The van der Waals surface area contributed by atoms with Crippen LogP contribution < -0.4 is 0 Å². The first kappa shape index (κ1) is 24.8. The van der Waals surface area contributed by atoms with Gasteiger partial charge in [0.05, 0.1) is 22.7 Å². The summed E-state index contributed by atoms with van der Waals surface area (Å²) in [4.78, 5) is 5.22. The number of benzene rings is 7. The van der Waals surface area contributed by atoms with E-state index < -0.39 is 0 Å². The third-order valence-corrected chi connectivity index (χ3v) is 8.21. The number of para-hydroxylation sites is 3. The maximum Gasteiger partial charge on any atom is 0.146 e. The minimum Gasteiger partial charge on any atom is -0.292 e. The predicted octanol–water partition coefficient (Wildman–Crippen LogP) is 10.2. The van der Waals surface area contributed by atoms with Crippen molar-refractivity contribution >= 4 is 32.6 Å². The molecule has 0 atom stereocenters. The summed E-state index contributed by atoms with van der Waals surface area (Å²) in [6, 6.07) is 55.0. The Labute approximate surface area is 249 Å². The highest BCUT2D eigenvalue weighted by molar-refractivity contribution is 5.99. The summed E-state index contributed by atoms with van der Waals surface area (Å²) in [7, 11) is 0. The molecule has 0 amide bonds. The number of imidazole rings is 1. The number of nitriles is 1. The van der Waals surface area contributed by atoms with E-state index >= 15 is 0 Å². The van der Waals surface area contributed by atoms with Gasteiger partial charge in [0.15, 0.2) is 0 Å². The summed E-state index contributed by atoms with van der Waals surface area (Å²) < 4.78 is 2.26. The fourth-order valence-corrected chi connectivity index (χ4v) is 6.12. The highest BCUT2D eigenvalue weighted by Gasteiger charge is 2.19. The molecule has 0 radical (unpaired) electrons. The van der Waals surface area contributed by atoms with Crippen LogP contribution in [0, 0.1) is 11.3 Å². The van der Waals surface area contributed by atoms with Gasteiger partial charge in [-0.1, -0.05) is 97.1 Å². The summed E-state index contributed by atoms with van der Waals surface area (Å²) in [6.07, 6.45) is 0. The van der Waals surface area contributed by atoms with E-state index in [-0.39, 0.29) is 0 Å². The molecule has 0 aliphatic carbocycles. The van der Waals surface area contributed by atoms with E-state index in [0.717, 1.165) is 61.1 Å². The number of nitrogens with zero attached hydrogens (tertiary/aromatic N) is 3. The summed E-state index contributed by atoms with van der Waals surface area (Å²) in [5, 5.41) is 14.3. The van der Waals surface area contributed by atoms with Crippen molar-refractivity contribution in [2.45, 2.75) is 0 Å². The monoisotopic (exact) mass is 547 g/mol. The lowest BCUT2D eigenvalue weighted by Crippen LogP contribution is -1.99. The Bertz CT molecular complexity index is 2360. The number of hydrogen-bond donors (Lipinski definition) is 0. The Hall–Kier alpha value is -5.98. The van der Waals surface area contributed by atoms with Crippen molar-refractivity contribution in [2.24, 2.45) is 0 Å². The largest absolute Gasteiger partial charge is 0.292 e. The van der Waals surface area contributed by atoms with Gasteiger partial charge in [0.25, 0.3) is 0 Å². The molecule has 8 aromatic rings. The van der Waals surface area contributed by atoms with Crippen molar-refractivity contribution in [3.63, 3.8) is 0 Å². The lowest BCUT2D eigenvalue weighted by molar-refractivity contribution is 1.10. The first-order valence-corrected chi connectivity index (χ1v) is 14.4. The normalized spacial score (nSPS) is 11.2. The van der Waals surface area contributed by atoms with Gasteiger partial charge in [0, 0.05) is 11.3 Å². The van der Waals surface area contributed by atoms with Gasteiger partial charge >= 0.3 is 0 Å². The third-order valence-electron chi connectivity index (χ3n) is 8.21. The van der Waals surface area contributed by atoms with Crippen LogP contribution in [-0.4, -0.2) is 9.55 Å². The molecule has 7 aromatic carbocycles. The van der Waals surface area contributed by atoms with Crippen molar-refractivity contribution < 1.29 is 0 Å². The minimum absolute atomic E-state index is 0.676. The summed E-state index contributed by atoms with van der Waals surface area (Å²) >= 11 is 0. The summed E-state index contributed by atoms with van der Waals surface area (Å²) in [5.41, 5.74) is 9.07. The molecule has 43 heavy (non-hydrogen) atoms. The van der Waals surface area contributed by atoms with Crippen LogP contribution in [0.5, 0.6) is 0 Å². The van der Waals surface area contributed by atoms with E-state index in [1.165, 1.54) is 10.8 Å². The first-order chi connectivity index (χ1) is 21.3. The zero-order chi connectivity index (χ0) is 28.8. The predicted molar refractivity (Wildman–Crippen MR) is 177 cm³/mol. The summed E-state index contributed by atoms with van der Waals surface area (Å²) in [6.45, 7) is 0. The van der Waals surface area contributed by atoms with Crippen molar-refractivity contribution in [2.75, 3.05) is 0 Å². The van der Waals surface area contributed by atoms with Crippen molar-refractivity contribution in [1.82, 2.24) is 9.55 Å². The lowest BCUT2D eigenvalue weighted by atomic mass is 9.92. The van der Waals surface area contributed by atoms with Crippen LogP contribution in [0.15, 0.2) is 152 Å². The second-order valence-electron chi connectivity index (χ2n) is 10.8. The number of aromatic nitrogens is 2. The van der Waals surface area contributed by atoms with Crippen molar-refractivity contribution in [3.05, 3.63) is 157 Å². The highest BCUT2D eigenvalue weighted by Crippen LogP contribution is 2.39. The minimum atomic E-state index is 0.676. The van der Waals surface area contributed by atoms with Gasteiger partial charge in [-0.3, -0.25) is 4.57 Å².